The number of para-hydroxylation sites is 1. The van der Waals surface area contributed by atoms with Crippen molar-refractivity contribution in [3.8, 4) is 5.75 Å². The van der Waals surface area contributed by atoms with Gasteiger partial charge >= 0.3 is 5.97 Å². The molecule has 0 unspecified atom stereocenters. The fourth-order valence-corrected chi connectivity index (χ4v) is 1.69. The summed E-state index contributed by atoms with van der Waals surface area (Å²) in [5.41, 5.74) is 6.35. The number of carboxylic acids is 1. The predicted molar refractivity (Wildman–Crippen MR) is 78.4 cm³/mol. The molecule has 0 bridgehead atoms. The number of nitrogens with two attached hydrogens (primary N) is 1. The largest absolute Gasteiger partial charge is 0.484 e. The number of nitrogen functional groups attached to an aromatic ring is 1. The molecule has 21 heavy (non-hydrogen) atoms. The number of anilines is 2. The van der Waals surface area contributed by atoms with E-state index in [1.165, 1.54) is 18.2 Å². The molecule has 0 aliphatic carbocycles. The minimum absolute atomic E-state index is 0.00362. The van der Waals surface area contributed by atoms with Crippen LogP contribution in [0.2, 0.25) is 0 Å². The minimum atomic E-state index is -1.11. The van der Waals surface area contributed by atoms with Gasteiger partial charge in [0.05, 0.1) is 5.56 Å². The second-order valence-corrected chi connectivity index (χ2v) is 4.26. The molecule has 0 spiro atoms. The number of amides is 1. The van der Waals surface area contributed by atoms with Crippen LogP contribution >= 0.6 is 0 Å². The number of carboxylic acid groups (broad SMARTS) is 1. The van der Waals surface area contributed by atoms with Crippen LogP contribution in [0.1, 0.15) is 10.4 Å². The molecule has 2 aromatic carbocycles. The molecule has 2 rings (SSSR count). The highest BCUT2D eigenvalue weighted by atomic mass is 16.5. The Bertz CT molecular complexity index is 656. The number of benzene rings is 2. The molecule has 0 radical (unpaired) electrons. The molecule has 0 aliphatic rings. The molecule has 108 valence electrons. The first-order valence-corrected chi connectivity index (χ1v) is 6.17. The summed E-state index contributed by atoms with van der Waals surface area (Å²) in [5.74, 6) is -1.09. The highest BCUT2D eigenvalue weighted by Crippen LogP contribution is 2.20. The second kappa shape index (κ2) is 6.42. The van der Waals surface area contributed by atoms with Crippen molar-refractivity contribution >= 4 is 23.3 Å². The van der Waals surface area contributed by atoms with Gasteiger partial charge in [-0.25, -0.2) is 4.79 Å². The molecule has 1 amide bonds. The zero-order chi connectivity index (χ0) is 15.2. The van der Waals surface area contributed by atoms with E-state index in [4.69, 9.17) is 15.6 Å². The fraction of sp³-hybridized carbons (Fsp3) is 0.0667. The first-order valence-electron chi connectivity index (χ1n) is 6.17. The van der Waals surface area contributed by atoms with Gasteiger partial charge in [-0.15, -0.1) is 0 Å². The molecule has 6 heteroatoms. The van der Waals surface area contributed by atoms with Gasteiger partial charge in [0.2, 0.25) is 0 Å². The predicted octanol–water partition coefficient (Wildman–Crippen LogP) is 1.98. The van der Waals surface area contributed by atoms with Gasteiger partial charge in [0.1, 0.15) is 5.75 Å². The Morgan fingerprint density at radius 2 is 1.86 bits per heavy atom. The van der Waals surface area contributed by atoms with Gasteiger partial charge in [-0.2, -0.15) is 0 Å². The first-order chi connectivity index (χ1) is 10.1. The molecule has 0 fully saturated rings. The number of nitrogens with one attached hydrogen (secondary N) is 1. The normalized spacial score (nSPS) is 9.90. The van der Waals surface area contributed by atoms with Crippen LogP contribution in [0.15, 0.2) is 48.5 Å². The maximum absolute atomic E-state index is 11.7. The monoisotopic (exact) mass is 286 g/mol. The van der Waals surface area contributed by atoms with Crippen LogP contribution in [0.4, 0.5) is 11.4 Å². The zero-order valence-corrected chi connectivity index (χ0v) is 11.1. The third kappa shape index (κ3) is 3.97. The third-order valence-electron chi connectivity index (χ3n) is 2.68. The van der Waals surface area contributed by atoms with Gasteiger partial charge in [0.25, 0.3) is 5.91 Å². The number of rotatable bonds is 5. The summed E-state index contributed by atoms with van der Waals surface area (Å²) in [4.78, 5) is 22.5. The van der Waals surface area contributed by atoms with E-state index < -0.39 is 5.97 Å². The highest BCUT2D eigenvalue weighted by molar-refractivity contribution is 5.94. The fourth-order valence-electron chi connectivity index (χ4n) is 1.69. The van der Waals surface area contributed by atoms with Crippen molar-refractivity contribution in [3.05, 3.63) is 54.1 Å². The Labute approximate surface area is 121 Å². The number of hydrogen-bond donors (Lipinski definition) is 3. The molecule has 0 aliphatic heterocycles. The second-order valence-electron chi connectivity index (χ2n) is 4.26. The number of aromatic carboxylic acids is 1. The summed E-state index contributed by atoms with van der Waals surface area (Å²) in [6, 6.07) is 13.1. The van der Waals surface area contributed by atoms with Crippen LogP contribution in [0.5, 0.6) is 5.75 Å². The summed E-state index contributed by atoms with van der Waals surface area (Å²) < 4.78 is 5.27. The lowest BCUT2D eigenvalue weighted by atomic mass is 10.2. The lowest BCUT2D eigenvalue weighted by Crippen LogP contribution is -2.20. The van der Waals surface area contributed by atoms with E-state index in [2.05, 4.69) is 5.32 Å². The van der Waals surface area contributed by atoms with E-state index >= 15 is 0 Å². The smallest absolute Gasteiger partial charge is 0.337 e. The van der Waals surface area contributed by atoms with Crippen LogP contribution < -0.4 is 15.8 Å². The number of carbonyl (C=O) groups excluding carboxylic acids is 1. The lowest BCUT2D eigenvalue weighted by molar-refractivity contribution is -0.118. The topological polar surface area (TPSA) is 102 Å². The standard InChI is InChI=1S/C15H14N2O4/c16-13-8-11(6-7-12(13)15(19)20)21-9-14(18)17-10-4-2-1-3-5-10/h1-8H,9,16H2,(H,17,18)(H,19,20). The molecule has 4 N–H and O–H groups in total. The highest BCUT2D eigenvalue weighted by Gasteiger charge is 2.09. The van der Waals surface area contributed by atoms with Gasteiger partial charge in [0, 0.05) is 17.4 Å². The Balaban J connectivity index is 1.92. The number of carbonyl (C=O) groups is 2. The maximum Gasteiger partial charge on any atom is 0.337 e. The number of hydrogen-bond acceptors (Lipinski definition) is 4. The number of ether oxygens (including phenoxy) is 1. The molecule has 2 aromatic rings. The molecule has 0 heterocycles. The van der Waals surface area contributed by atoms with Crippen molar-refractivity contribution in [2.24, 2.45) is 0 Å². The van der Waals surface area contributed by atoms with Crippen molar-refractivity contribution in [1.82, 2.24) is 0 Å². The van der Waals surface area contributed by atoms with Crippen LogP contribution in [0, 0.1) is 0 Å². The van der Waals surface area contributed by atoms with Crippen LogP contribution in [-0.4, -0.2) is 23.6 Å². The Hall–Kier alpha value is -3.02. The van der Waals surface area contributed by atoms with Crippen molar-refractivity contribution in [3.63, 3.8) is 0 Å². The SMILES string of the molecule is Nc1cc(OCC(=O)Nc2ccccc2)ccc1C(=O)O. The van der Waals surface area contributed by atoms with E-state index in [0.29, 0.717) is 11.4 Å². The molecule has 0 atom stereocenters. The Morgan fingerprint density at radius 1 is 1.14 bits per heavy atom. The average molecular weight is 286 g/mol. The summed E-state index contributed by atoms with van der Waals surface area (Å²) in [6.07, 6.45) is 0. The van der Waals surface area contributed by atoms with Crippen molar-refractivity contribution in [1.29, 1.82) is 0 Å². The van der Waals surface area contributed by atoms with E-state index in [9.17, 15) is 9.59 Å². The Kier molecular flexibility index (Phi) is 4.40. The van der Waals surface area contributed by atoms with Crippen LogP contribution in [0.3, 0.4) is 0 Å². The van der Waals surface area contributed by atoms with E-state index in [-0.39, 0.29) is 23.8 Å². The van der Waals surface area contributed by atoms with Crippen molar-refractivity contribution in [2.75, 3.05) is 17.7 Å². The van der Waals surface area contributed by atoms with E-state index in [1.807, 2.05) is 18.2 Å². The van der Waals surface area contributed by atoms with Gasteiger partial charge < -0.3 is 20.9 Å². The zero-order valence-electron chi connectivity index (χ0n) is 11.1. The molecular weight excluding hydrogens is 272 g/mol. The Morgan fingerprint density at radius 3 is 2.48 bits per heavy atom. The van der Waals surface area contributed by atoms with Crippen LogP contribution in [-0.2, 0) is 4.79 Å². The van der Waals surface area contributed by atoms with Gasteiger partial charge in [0.15, 0.2) is 6.61 Å². The quantitative estimate of drug-likeness (QED) is 0.729. The average Bonchev–Trinajstić information content (AvgIpc) is 2.46. The van der Waals surface area contributed by atoms with Gasteiger partial charge in [-0.3, -0.25) is 4.79 Å². The maximum atomic E-state index is 11.7. The van der Waals surface area contributed by atoms with Crippen molar-refractivity contribution in [2.45, 2.75) is 0 Å². The van der Waals surface area contributed by atoms with Crippen LogP contribution in [0.25, 0.3) is 0 Å². The molecule has 0 saturated heterocycles. The van der Waals surface area contributed by atoms with Crippen molar-refractivity contribution < 1.29 is 19.4 Å². The third-order valence-corrected chi connectivity index (χ3v) is 2.68. The molecule has 0 aromatic heterocycles. The van der Waals surface area contributed by atoms with Gasteiger partial charge in [-0.1, -0.05) is 18.2 Å². The summed E-state index contributed by atoms with van der Waals surface area (Å²) in [6.45, 7) is -0.194. The molecule has 6 nitrogen and oxygen atoms in total. The molecular formula is C15H14N2O4. The van der Waals surface area contributed by atoms with Gasteiger partial charge in [-0.05, 0) is 24.3 Å². The minimum Gasteiger partial charge on any atom is -0.484 e. The summed E-state index contributed by atoms with van der Waals surface area (Å²) in [7, 11) is 0. The van der Waals surface area contributed by atoms with E-state index in [1.54, 1.807) is 12.1 Å². The lowest BCUT2D eigenvalue weighted by Gasteiger charge is -2.09. The summed E-state index contributed by atoms with van der Waals surface area (Å²) >= 11 is 0. The summed E-state index contributed by atoms with van der Waals surface area (Å²) in [5, 5.41) is 11.5. The van der Waals surface area contributed by atoms with E-state index in [0.717, 1.165) is 0 Å². The molecule has 0 saturated carbocycles. The first kappa shape index (κ1) is 14.4.